The van der Waals surface area contributed by atoms with Crippen molar-refractivity contribution in [3.05, 3.63) is 23.8 Å². The molecule has 0 bridgehead atoms. The van der Waals surface area contributed by atoms with E-state index in [1.165, 1.54) is 25.7 Å². The molecule has 0 spiro atoms. The summed E-state index contributed by atoms with van der Waals surface area (Å²) in [6.07, 6.45) is 14.3. The predicted octanol–water partition coefficient (Wildman–Crippen LogP) is 5.47. The summed E-state index contributed by atoms with van der Waals surface area (Å²) in [6, 6.07) is 0. The molecule has 2 N–H and O–H groups in total. The van der Waals surface area contributed by atoms with E-state index in [0.29, 0.717) is 0 Å². The largest absolute Gasteiger partial charge is 0.322 e. The summed E-state index contributed by atoms with van der Waals surface area (Å²) < 4.78 is 0. The van der Waals surface area contributed by atoms with Crippen LogP contribution in [0.1, 0.15) is 73.1 Å². The Hall–Kier alpha value is -0.560. The molecule has 1 nitrogen and oxygen atoms in total. The van der Waals surface area contributed by atoms with Gasteiger partial charge in [-0.1, -0.05) is 57.9 Å². The molecule has 0 aromatic carbocycles. The van der Waals surface area contributed by atoms with Gasteiger partial charge < -0.3 is 5.73 Å². The fourth-order valence-corrected chi connectivity index (χ4v) is 3.60. The normalized spacial score (nSPS) is 27.6. The topological polar surface area (TPSA) is 26.0 Å². The van der Waals surface area contributed by atoms with E-state index in [9.17, 15) is 0 Å². The summed E-state index contributed by atoms with van der Waals surface area (Å²) >= 11 is 0. The van der Waals surface area contributed by atoms with E-state index in [2.05, 4.69) is 52.8 Å². The van der Waals surface area contributed by atoms with Gasteiger partial charge in [-0.05, 0) is 56.8 Å². The molecule has 0 radical (unpaired) electrons. The Bertz CT molecular complexity index is 338. The third-order valence-corrected chi connectivity index (χ3v) is 4.95. The van der Waals surface area contributed by atoms with Crippen LogP contribution in [-0.4, -0.2) is 5.54 Å². The van der Waals surface area contributed by atoms with Gasteiger partial charge in [-0.15, -0.1) is 0 Å². The monoisotopic (exact) mass is 277 g/mol. The van der Waals surface area contributed by atoms with Crippen LogP contribution in [0.15, 0.2) is 23.8 Å². The van der Waals surface area contributed by atoms with Crippen LogP contribution >= 0.6 is 0 Å². The molecule has 1 rings (SSSR count). The molecule has 2 unspecified atom stereocenters. The minimum absolute atomic E-state index is 0.124. The molecule has 0 aliphatic heterocycles. The van der Waals surface area contributed by atoms with Gasteiger partial charge in [0, 0.05) is 5.54 Å². The van der Waals surface area contributed by atoms with Gasteiger partial charge in [-0.25, -0.2) is 0 Å². The minimum atomic E-state index is -0.124. The van der Waals surface area contributed by atoms with Crippen molar-refractivity contribution in [2.24, 2.45) is 23.5 Å². The van der Waals surface area contributed by atoms with Gasteiger partial charge in [0.2, 0.25) is 0 Å². The molecule has 0 aromatic heterocycles. The van der Waals surface area contributed by atoms with Crippen LogP contribution in [0.2, 0.25) is 0 Å². The summed E-state index contributed by atoms with van der Waals surface area (Å²) in [5.41, 5.74) is 7.82. The van der Waals surface area contributed by atoms with Crippen LogP contribution in [-0.2, 0) is 0 Å². The van der Waals surface area contributed by atoms with Crippen LogP contribution < -0.4 is 5.73 Å². The van der Waals surface area contributed by atoms with E-state index in [0.717, 1.165) is 30.6 Å². The van der Waals surface area contributed by atoms with E-state index in [4.69, 9.17) is 5.73 Å². The van der Waals surface area contributed by atoms with Gasteiger partial charge in [-0.2, -0.15) is 0 Å². The van der Waals surface area contributed by atoms with Crippen molar-refractivity contribution in [3.8, 4) is 0 Å². The van der Waals surface area contributed by atoms with Gasteiger partial charge in [-0.3, -0.25) is 0 Å². The Labute approximate surface area is 126 Å². The van der Waals surface area contributed by atoms with E-state index >= 15 is 0 Å². The smallest absolute Gasteiger partial charge is 0.0310 e. The van der Waals surface area contributed by atoms with Crippen molar-refractivity contribution >= 4 is 0 Å². The Morgan fingerprint density at radius 2 is 2.10 bits per heavy atom. The van der Waals surface area contributed by atoms with Crippen molar-refractivity contribution in [1.29, 1.82) is 0 Å². The zero-order valence-electron chi connectivity index (χ0n) is 14.3. The second kappa shape index (κ2) is 8.02. The van der Waals surface area contributed by atoms with Crippen molar-refractivity contribution in [2.75, 3.05) is 0 Å². The van der Waals surface area contributed by atoms with Gasteiger partial charge >= 0.3 is 0 Å². The maximum atomic E-state index is 6.27. The van der Waals surface area contributed by atoms with E-state index < -0.39 is 0 Å². The van der Waals surface area contributed by atoms with Crippen molar-refractivity contribution in [1.82, 2.24) is 0 Å². The molecule has 20 heavy (non-hydrogen) atoms. The highest BCUT2D eigenvalue weighted by atomic mass is 14.7. The zero-order valence-corrected chi connectivity index (χ0v) is 14.3. The first-order valence-electron chi connectivity index (χ1n) is 8.59. The molecule has 0 saturated carbocycles. The highest BCUT2D eigenvalue weighted by Crippen LogP contribution is 2.40. The molecule has 0 amide bonds. The lowest BCUT2D eigenvalue weighted by atomic mass is 9.80. The van der Waals surface area contributed by atoms with Gasteiger partial charge in [0.15, 0.2) is 0 Å². The second-order valence-corrected chi connectivity index (χ2v) is 6.99. The SMILES string of the molecule is CCC[C@@](C)(N)/C=C\C[C@H](C)C1CC(CC)=CC1CC. The summed E-state index contributed by atoms with van der Waals surface area (Å²) in [5.74, 6) is 2.40. The second-order valence-electron chi connectivity index (χ2n) is 6.99. The summed E-state index contributed by atoms with van der Waals surface area (Å²) in [5, 5.41) is 0. The fraction of sp³-hybridized carbons (Fsp3) is 0.789. The van der Waals surface area contributed by atoms with Crippen molar-refractivity contribution in [2.45, 2.75) is 78.7 Å². The molecule has 1 aliphatic rings. The first kappa shape index (κ1) is 17.5. The Morgan fingerprint density at radius 3 is 2.65 bits per heavy atom. The molecule has 0 aromatic rings. The quantitative estimate of drug-likeness (QED) is 0.585. The molecule has 0 heterocycles. The first-order chi connectivity index (χ1) is 9.43. The number of hydrogen-bond acceptors (Lipinski definition) is 1. The van der Waals surface area contributed by atoms with E-state index in [-0.39, 0.29) is 5.54 Å². The van der Waals surface area contributed by atoms with Gasteiger partial charge in [0.05, 0.1) is 0 Å². The van der Waals surface area contributed by atoms with Crippen LogP contribution in [0.3, 0.4) is 0 Å². The summed E-state index contributed by atoms with van der Waals surface area (Å²) in [7, 11) is 0. The summed E-state index contributed by atoms with van der Waals surface area (Å²) in [6.45, 7) is 11.4. The Morgan fingerprint density at radius 1 is 1.40 bits per heavy atom. The average molecular weight is 277 g/mol. The zero-order chi connectivity index (χ0) is 15.2. The number of hydrogen-bond donors (Lipinski definition) is 1. The van der Waals surface area contributed by atoms with Crippen LogP contribution in [0.5, 0.6) is 0 Å². The lowest BCUT2D eigenvalue weighted by Gasteiger charge is -2.25. The lowest BCUT2D eigenvalue weighted by Crippen LogP contribution is -2.33. The van der Waals surface area contributed by atoms with E-state index in [1.807, 2.05) is 0 Å². The van der Waals surface area contributed by atoms with Crippen molar-refractivity contribution < 1.29 is 0 Å². The highest BCUT2D eigenvalue weighted by Gasteiger charge is 2.29. The van der Waals surface area contributed by atoms with Gasteiger partial charge in [0.25, 0.3) is 0 Å². The molecular formula is C19H35N. The minimum Gasteiger partial charge on any atom is -0.322 e. The molecule has 1 heteroatoms. The van der Waals surface area contributed by atoms with Crippen LogP contribution in [0.4, 0.5) is 0 Å². The fourth-order valence-electron chi connectivity index (χ4n) is 3.60. The summed E-state index contributed by atoms with van der Waals surface area (Å²) in [4.78, 5) is 0. The van der Waals surface area contributed by atoms with Crippen LogP contribution in [0, 0.1) is 17.8 Å². The number of rotatable bonds is 8. The van der Waals surface area contributed by atoms with Gasteiger partial charge in [0.1, 0.15) is 0 Å². The molecule has 0 saturated heterocycles. The van der Waals surface area contributed by atoms with E-state index in [1.54, 1.807) is 5.57 Å². The third-order valence-electron chi connectivity index (χ3n) is 4.95. The standard InChI is InChI=1S/C19H35N/c1-6-11-19(5,20)12-9-10-15(4)18-14-16(7-2)13-17(18)8-3/h9,12-13,15,17-18H,6-8,10-11,14,20H2,1-5H3/b12-9-/t15-,17?,18?,19+/m0/s1. The Balaban J connectivity index is 2.51. The molecule has 116 valence electrons. The predicted molar refractivity (Wildman–Crippen MR) is 90.7 cm³/mol. The maximum absolute atomic E-state index is 6.27. The molecule has 4 atom stereocenters. The molecular weight excluding hydrogens is 242 g/mol. The third kappa shape index (κ3) is 5.09. The number of allylic oxidation sites excluding steroid dienone is 3. The molecule has 0 fully saturated rings. The maximum Gasteiger partial charge on any atom is 0.0310 e. The average Bonchev–Trinajstić information content (AvgIpc) is 2.81. The van der Waals surface area contributed by atoms with Crippen molar-refractivity contribution in [3.63, 3.8) is 0 Å². The van der Waals surface area contributed by atoms with Crippen LogP contribution in [0.25, 0.3) is 0 Å². The first-order valence-corrected chi connectivity index (χ1v) is 8.59. The number of nitrogens with two attached hydrogens (primary N) is 1. The Kier molecular flexibility index (Phi) is 7.02. The highest BCUT2D eigenvalue weighted by molar-refractivity contribution is 5.14. The lowest BCUT2D eigenvalue weighted by molar-refractivity contribution is 0.291. The molecule has 1 aliphatic carbocycles.